The van der Waals surface area contributed by atoms with Crippen LogP contribution in [0.5, 0.6) is 0 Å². The molecule has 1 aromatic rings. The number of aromatic nitrogens is 2. The monoisotopic (exact) mass is 291 g/mol. The zero-order chi connectivity index (χ0) is 15.5. The van der Waals surface area contributed by atoms with Gasteiger partial charge in [0.15, 0.2) is 5.82 Å². The molecule has 0 saturated carbocycles. The van der Waals surface area contributed by atoms with Crippen molar-refractivity contribution in [1.82, 2.24) is 20.4 Å². The summed E-state index contributed by atoms with van der Waals surface area (Å²) in [4.78, 5) is 4.84. The zero-order valence-corrected chi connectivity index (χ0v) is 14.1. The molecular formula is C16H29N5. The Bertz CT molecular complexity index is 437. The van der Waals surface area contributed by atoms with Crippen LogP contribution in [0, 0.1) is 0 Å². The first kappa shape index (κ1) is 16.2. The first-order chi connectivity index (χ1) is 9.89. The van der Waals surface area contributed by atoms with Crippen molar-refractivity contribution >= 4 is 5.82 Å². The molecule has 1 unspecified atom stereocenters. The van der Waals surface area contributed by atoms with Crippen molar-refractivity contribution < 1.29 is 0 Å². The lowest BCUT2D eigenvalue weighted by Crippen LogP contribution is -2.52. The lowest BCUT2D eigenvalue weighted by Gasteiger charge is -2.39. The molecule has 0 amide bonds. The number of anilines is 1. The molecule has 2 rings (SSSR count). The van der Waals surface area contributed by atoms with E-state index < -0.39 is 0 Å². The Labute approximate surface area is 128 Å². The van der Waals surface area contributed by atoms with Crippen LogP contribution in [0.15, 0.2) is 12.1 Å². The van der Waals surface area contributed by atoms with Gasteiger partial charge < -0.3 is 10.2 Å². The highest BCUT2D eigenvalue weighted by Gasteiger charge is 2.23. The van der Waals surface area contributed by atoms with Gasteiger partial charge in [-0.1, -0.05) is 6.92 Å². The van der Waals surface area contributed by atoms with Gasteiger partial charge in [-0.3, -0.25) is 4.90 Å². The summed E-state index contributed by atoms with van der Waals surface area (Å²) in [5.41, 5.74) is 1.10. The van der Waals surface area contributed by atoms with Crippen molar-refractivity contribution in [2.75, 3.05) is 31.1 Å². The van der Waals surface area contributed by atoms with E-state index in [1.807, 2.05) is 0 Å². The van der Waals surface area contributed by atoms with Gasteiger partial charge in [-0.2, -0.15) is 5.10 Å². The maximum absolute atomic E-state index is 4.41. The van der Waals surface area contributed by atoms with E-state index in [0.29, 0.717) is 6.04 Å². The van der Waals surface area contributed by atoms with Crippen LogP contribution >= 0.6 is 0 Å². The van der Waals surface area contributed by atoms with E-state index in [0.717, 1.165) is 44.2 Å². The Hall–Kier alpha value is -1.20. The molecule has 5 heteroatoms. The molecule has 2 heterocycles. The van der Waals surface area contributed by atoms with E-state index in [4.69, 9.17) is 0 Å². The molecule has 0 spiro atoms. The molecule has 118 valence electrons. The Kier molecular flexibility index (Phi) is 5.17. The van der Waals surface area contributed by atoms with Crippen LogP contribution in [0.1, 0.15) is 40.3 Å². The van der Waals surface area contributed by atoms with Gasteiger partial charge in [0.1, 0.15) is 0 Å². The van der Waals surface area contributed by atoms with Crippen molar-refractivity contribution in [2.24, 2.45) is 0 Å². The molecule has 0 radical (unpaired) electrons. The highest BCUT2D eigenvalue weighted by Crippen LogP contribution is 2.16. The van der Waals surface area contributed by atoms with E-state index in [2.05, 4.69) is 72.1 Å². The highest BCUT2D eigenvalue weighted by atomic mass is 15.3. The number of rotatable bonds is 4. The van der Waals surface area contributed by atoms with Crippen LogP contribution in [-0.2, 0) is 6.54 Å². The first-order valence-corrected chi connectivity index (χ1v) is 7.95. The Morgan fingerprint density at radius 1 is 1.24 bits per heavy atom. The molecule has 0 aromatic carbocycles. The van der Waals surface area contributed by atoms with Crippen LogP contribution in [0.25, 0.3) is 0 Å². The van der Waals surface area contributed by atoms with Crippen LogP contribution in [0.4, 0.5) is 5.82 Å². The van der Waals surface area contributed by atoms with Crippen LogP contribution in [-0.4, -0.2) is 52.9 Å². The zero-order valence-electron chi connectivity index (χ0n) is 14.1. The van der Waals surface area contributed by atoms with Crippen molar-refractivity contribution in [1.29, 1.82) is 0 Å². The maximum atomic E-state index is 4.41. The SMILES string of the molecule is CCN1CCN(c2ccc(CNC(C)(C)C)nn2)CC1C. The second kappa shape index (κ2) is 6.71. The van der Waals surface area contributed by atoms with Crippen molar-refractivity contribution in [3.63, 3.8) is 0 Å². The largest absolute Gasteiger partial charge is 0.352 e. The lowest BCUT2D eigenvalue weighted by atomic mass is 10.1. The predicted octanol–water partition coefficient (Wildman–Crippen LogP) is 1.90. The highest BCUT2D eigenvalue weighted by molar-refractivity contribution is 5.38. The van der Waals surface area contributed by atoms with Gasteiger partial charge in [-0.25, -0.2) is 0 Å². The predicted molar refractivity (Wildman–Crippen MR) is 87.5 cm³/mol. The van der Waals surface area contributed by atoms with Crippen molar-refractivity contribution in [2.45, 2.75) is 52.7 Å². The molecule has 1 aliphatic rings. The smallest absolute Gasteiger partial charge is 0.151 e. The Morgan fingerprint density at radius 3 is 2.52 bits per heavy atom. The van der Waals surface area contributed by atoms with Gasteiger partial charge in [-0.05, 0) is 46.4 Å². The fourth-order valence-electron chi connectivity index (χ4n) is 2.64. The van der Waals surface area contributed by atoms with E-state index in [1.54, 1.807) is 0 Å². The van der Waals surface area contributed by atoms with Crippen molar-refractivity contribution in [3.8, 4) is 0 Å². The summed E-state index contributed by atoms with van der Waals surface area (Å²) in [6.45, 7) is 16.0. The molecule has 1 fully saturated rings. The lowest BCUT2D eigenvalue weighted by molar-refractivity contribution is 0.199. The van der Waals surface area contributed by atoms with Gasteiger partial charge in [0.05, 0.1) is 5.69 Å². The molecule has 1 saturated heterocycles. The average molecular weight is 291 g/mol. The average Bonchev–Trinajstić information content (AvgIpc) is 2.45. The number of nitrogens with one attached hydrogen (secondary N) is 1. The van der Waals surface area contributed by atoms with Crippen LogP contribution in [0.3, 0.4) is 0 Å². The normalized spacial score (nSPS) is 20.8. The topological polar surface area (TPSA) is 44.3 Å². The van der Waals surface area contributed by atoms with Crippen LogP contribution < -0.4 is 10.2 Å². The molecule has 1 atom stereocenters. The quantitative estimate of drug-likeness (QED) is 0.918. The fraction of sp³-hybridized carbons (Fsp3) is 0.750. The molecule has 1 N–H and O–H groups in total. The third kappa shape index (κ3) is 4.64. The molecule has 21 heavy (non-hydrogen) atoms. The summed E-state index contributed by atoms with van der Waals surface area (Å²) in [5, 5.41) is 12.2. The Morgan fingerprint density at radius 2 is 2.00 bits per heavy atom. The number of likely N-dealkylation sites (N-methyl/N-ethyl adjacent to an activating group) is 1. The van der Waals surface area contributed by atoms with Gasteiger partial charge in [0, 0.05) is 37.8 Å². The summed E-state index contributed by atoms with van der Waals surface area (Å²) in [6.07, 6.45) is 0. The van der Waals surface area contributed by atoms with E-state index in [-0.39, 0.29) is 5.54 Å². The number of hydrogen-bond donors (Lipinski definition) is 1. The van der Waals surface area contributed by atoms with E-state index >= 15 is 0 Å². The standard InChI is InChI=1S/C16H29N5/c1-6-20-9-10-21(12-13(20)2)15-8-7-14(18-19-15)11-17-16(3,4)5/h7-8,13,17H,6,9-12H2,1-5H3. The number of hydrogen-bond acceptors (Lipinski definition) is 5. The third-order valence-electron chi connectivity index (χ3n) is 4.00. The summed E-state index contributed by atoms with van der Waals surface area (Å²) in [6, 6.07) is 4.76. The van der Waals surface area contributed by atoms with Crippen molar-refractivity contribution in [3.05, 3.63) is 17.8 Å². The Balaban J connectivity index is 1.93. The minimum atomic E-state index is 0.103. The maximum Gasteiger partial charge on any atom is 0.151 e. The number of nitrogens with zero attached hydrogens (tertiary/aromatic N) is 4. The molecule has 1 aromatic heterocycles. The molecule has 0 bridgehead atoms. The summed E-state index contributed by atoms with van der Waals surface area (Å²) < 4.78 is 0. The van der Waals surface area contributed by atoms with Gasteiger partial charge in [-0.15, -0.1) is 5.10 Å². The molecular weight excluding hydrogens is 262 g/mol. The second-order valence-electron chi connectivity index (χ2n) is 6.91. The van der Waals surface area contributed by atoms with E-state index in [9.17, 15) is 0 Å². The van der Waals surface area contributed by atoms with Crippen LogP contribution in [0.2, 0.25) is 0 Å². The summed E-state index contributed by atoms with van der Waals surface area (Å²) >= 11 is 0. The minimum absolute atomic E-state index is 0.103. The number of piperazine rings is 1. The molecule has 5 nitrogen and oxygen atoms in total. The van der Waals surface area contributed by atoms with Gasteiger partial charge >= 0.3 is 0 Å². The van der Waals surface area contributed by atoms with Gasteiger partial charge in [0.2, 0.25) is 0 Å². The first-order valence-electron chi connectivity index (χ1n) is 7.95. The molecule has 0 aliphatic carbocycles. The summed E-state index contributed by atoms with van der Waals surface area (Å²) in [5.74, 6) is 0.997. The summed E-state index contributed by atoms with van der Waals surface area (Å²) in [7, 11) is 0. The fourth-order valence-corrected chi connectivity index (χ4v) is 2.64. The second-order valence-corrected chi connectivity index (χ2v) is 6.91. The van der Waals surface area contributed by atoms with Gasteiger partial charge in [0.25, 0.3) is 0 Å². The van der Waals surface area contributed by atoms with E-state index in [1.165, 1.54) is 0 Å². The third-order valence-corrected chi connectivity index (χ3v) is 4.00. The minimum Gasteiger partial charge on any atom is -0.352 e. The molecule has 1 aliphatic heterocycles.